The molecule has 0 aromatic heterocycles. The molecule has 76 valence electrons. The highest BCUT2D eigenvalue weighted by Gasteiger charge is 2.46. The van der Waals surface area contributed by atoms with Crippen LogP contribution in [0.25, 0.3) is 0 Å². The van der Waals surface area contributed by atoms with Crippen LogP contribution in [-0.2, 0) is 0 Å². The summed E-state index contributed by atoms with van der Waals surface area (Å²) in [4.78, 5) is 0. The van der Waals surface area contributed by atoms with Gasteiger partial charge in [-0.2, -0.15) is 0 Å². The van der Waals surface area contributed by atoms with E-state index in [2.05, 4.69) is 25.7 Å². The van der Waals surface area contributed by atoms with E-state index in [9.17, 15) is 0 Å². The Hall–Kier alpha value is -0.340. The molecule has 1 rings (SSSR count). The van der Waals surface area contributed by atoms with E-state index in [1.54, 1.807) is 0 Å². The Morgan fingerprint density at radius 2 is 2.15 bits per heavy atom. The first kappa shape index (κ1) is 10.7. The molecule has 1 saturated carbocycles. The summed E-state index contributed by atoms with van der Waals surface area (Å²) >= 11 is 0. The zero-order valence-corrected chi connectivity index (χ0v) is 8.90. The maximum absolute atomic E-state index is 5.89. The van der Waals surface area contributed by atoms with E-state index >= 15 is 0 Å². The molecule has 1 unspecified atom stereocenters. The average Bonchev–Trinajstić information content (AvgIpc) is 2.38. The summed E-state index contributed by atoms with van der Waals surface area (Å²) in [5.74, 6) is 0. The summed E-state index contributed by atoms with van der Waals surface area (Å²) in [6.45, 7) is 9.94. The third kappa shape index (κ3) is 1.79. The van der Waals surface area contributed by atoms with Crippen molar-refractivity contribution in [2.75, 3.05) is 13.1 Å². The standard InChI is InChI=1S/C11H22N2/c1-4-8-13-11(9-12)7-5-6-10(11,2)3/h4,13H,1,5-9,12H2,2-3H3. The number of nitrogens with one attached hydrogen (secondary N) is 1. The molecule has 0 aromatic carbocycles. The van der Waals surface area contributed by atoms with Crippen LogP contribution in [0.2, 0.25) is 0 Å². The smallest absolute Gasteiger partial charge is 0.0358 e. The monoisotopic (exact) mass is 182 g/mol. The van der Waals surface area contributed by atoms with Gasteiger partial charge in [-0.1, -0.05) is 26.3 Å². The van der Waals surface area contributed by atoms with Crippen molar-refractivity contribution in [2.24, 2.45) is 11.1 Å². The quantitative estimate of drug-likeness (QED) is 0.649. The zero-order valence-electron chi connectivity index (χ0n) is 8.90. The fourth-order valence-electron chi connectivity index (χ4n) is 2.46. The van der Waals surface area contributed by atoms with E-state index in [0.29, 0.717) is 5.41 Å². The highest BCUT2D eigenvalue weighted by molar-refractivity contribution is 5.06. The first-order valence-electron chi connectivity index (χ1n) is 5.14. The second-order valence-electron chi connectivity index (χ2n) is 4.69. The first-order valence-corrected chi connectivity index (χ1v) is 5.14. The Morgan fingerprint density at radius 3 is 2.54 bits per heavy atom. The van der Waals surface area contributed by atoms with Gasteiger partial charge in [-0.15, -0.1) is 6.58 Å². The van der Waals surface area contributed by atoms with Crippen LogP contribution in [0.5, 0.6) is 0 Å². The highest BCUT2D eigenvalue weighted by atomic mass is 15.0. The molecule has 2 nitrogen and oxygen atoms in total. The normalized spacial score (nSPS) is 31.9. The lowest BCUT2D eigenvalue weighted by atomic mass is 9.75. The van der Waals surface area contributed by atoms with E-state index in [1.807, 2.05) is 6.08 Å². The van der Waals surface area contributed by atoms with Gasteiger partial charge >= 0.3 is 0 Å². The lowest BCUT2D eigenvalue weighted by Crippen LogP contribution is -2.57. The second kappa shape index (κ2) is 3.81. The fraction of sp³-hybridized carbons (Fsp3) is 0.818. The van der Waals surface area contributed by atoms with Gasteiger partial charge in [-0.25, -0.2) is 0 Å². The second-order valence-corrected chi connectivity index (χ2v) is 4.69. The molecule has 0 radical (unpaired) electrons. The van der Waals surface area contributed by atoms with Crippen molar-refractivity contribution >= 4 is 0 Å². The maximum atomic E-state index is 5.89. The van der Waals surface area contributed by atoms with Crippen molar-refractivity contribution in [1.82, 2.24) is 5.32 Å². The minimum absolute atomic E-state index is 0.140. The molecule has 0 aliphatic heterocycles. The lowest BCUT2D eigenvalue weighted by Gasteiger charge is -2.41. The van der Waals surface area contributed by atoms with Gasteiger partial charge in [-0.05, 0) is 18.3 Å². The van der Waals surface area contributed by atoms with Gasteiger partial charge in [0.1, 0.15) is 0 Å². The molecular formula is C11H22N2. The minimum atomic E-state index is 0.140. The molecule has 0 bridgehead atoms. The van der Waals surface area contributed by atoms with Gasteiger partial charge in [0, 0.05) is 18.6 Å². The van der Waals surface area contributed by atoms with Crippen molar-refractivity contribution in [3.63, 3.8) is 0 Å². The predicted molar refractivity (Wildman–Crippen MR) is 57.6 cm³/mol. The summed E-state index contributed by atoms with van der Waals surface area (Å²) in [5.41, 5.74) is 6.35. The Morgan fingerprint density at radius 1 is 1.46 bits per heavy atom. The van der Waals surface area contributed by atoms with Crippen molar-refractivity contribution in [1.29, 1.82) is 0 Å². The van der Waals surface area contributed by atoms with E-state index < -0.39 is 0 Å². The van der Waals surface area contributed by atoms with Crippen molar-refractivity contribution in [2.45, 2.75) is 38.6 Å². The summed E-state index contributed by atoms with van der Waals surface area (Å²) < 4.78 is 0. The average molecular weight is 182 g/mol. The molecule has 0 heterocycles. The molecule has 2 heteroatoms. The number of hydrogen-bond acceptors (Lipinski definition) is 2. The molecule has 1 aliphatic rings. The SMILES string of the molecule is C=CCNC1(CN)CCCC1(C)C. The van der Waals surface area contributed by atoms with E-state index in [4.69, 9.17) is 5.73 Å². The van der Waals surface area contributed by atoms with E-state index in [-0.39, 0.29) is 5.54 Å². The van der Waals surface area contributed by atoms with Crippen LogP contribution < -0.4 is 11.1 Å². The van der Waals surface area contributed by atoms with Gasteiger partial charge in [0.05, 0.1) is 0 Å². The topological polar surface area (TPSA) is 38.0 Å². The van der Waals surface area contributed by atoms with Gasteiger partial charge in [0.2, 0.25) is 0 Å². The van der Waals surface area contributed by atoms with Crippen LogP contribution in [0.4, 0.5) is 0 Å². The summed E-state index contributed by atoms with van der Waals surface area (Å²) in [6, 6.07) is 0. The number of hydrogen-bond donors (Lipinski definition) is 2. The van der Waals surface area contributed by atoms with Gasteiger partial charge in [0.15, 0.2) is 0 Å². The highest BCUT2D eigenvalue weighted by Crippen LogP contribution is 2.45. The van der Waals surface area contributed by atoms with Gasteiger partial charge in [-0.3, -0.25) is 0 Å². The largest absolute Gasteiger partial charge is 0.329 e. The molecule has 0 spiro atoms. The summed E-state index contributed by atoms with van der Waals surface area (Å²) in [5, 5.41) is 3.54. The minimum Gasteiger partial charge on any atom is -0.329 e. The van der Waals surface area contributed by atoms with Crippen molar-refractivity contribution in [3.8, 4) is 0 Å². The van der Waals surface area contributed by atoms with E-state index in [0.717, 1.165) is 13.1 Å². The summed E-state index contributed by atoms with van der Waals surface area (Å²) in [7, 11) is 0. The first-order chi connectivity index (χ1) is 6.08. The third-order valence-electron chi connectivity index (χ3n) is 3.63. The molecule has 1 atom stereocenters. The third-order valence-corrected chi connectivity index (χ3v) is 3.63. The predicted octanol–water partition coefficient (Wildman–Crippen LogP) is 1.67. The molecule has 13 heavy (non-hydrogen) atoms. The summed E-state index contributed by atoms with van der Waals surface area (Å²) in [6.07, 6.45) is 5.67. The molecule has 0 saturated heterocycles. The Bertz CT molecular complexity index is 187. The molecular weight excluding hydrogens is 160 g/mol. The molecule has 1 fully saturated rings. The number of nitrogens with two attached hydrogens (primary N) is 1. The van der Waals surface area contributed by atoms with Gasteiger partial charge in [0.25, 0.3) is 0 Å². The Labute approximate surface area is 81.6 Å². The lowest BCUT2D eigenvalue weighted by molar-refractivity contribution is 0.170. The zero-order chi connectivity index (χ0) is 9.95. The molecule has 0 amide bonds. The maximum Gasteiger partial charge on any atom is 0.0358 e. The van der Waals surface area contributed by atoms with Gasteiger partial charge < -0.3 is 11.1 Å². The van der Waals surface area contributed by atoms with Crippen molar-refractivity contribution < 1.29 is 0 Å². The van der Waals surface area contributed by atoms with Crippen LogP contribution in [0, 0.1) is 5.41 Å². The Balaban J connectivity index is 2.72. The van der Waals surface area contributed by atoms with Crippen LogP contribution in [0.1, 0.15) is 33.1 Å². The van der Waals surface area contributed by atoms with Crippen LogP contribution in [-0.4, -0.2) is 18.6 Å². The van der Waals surface area contributed by atoms with Crippen molar-refractivity contribution in [3.05, 3.63) is 12.7 Å². The number of rotatable bonds is 4. The molecule has 0 aromatic rings. The van der Waals surface area contributed by atoms with Crippen LogP contribution >= 0.6 is 0 Å². The Kier molecular flexibility index (Phi) is 3.14. The molecule has 1 aliphatic carbocycles. The fourth-order valence-corrected chi connectivity index (χ4v) is 2.46. The van der Waals surface area contributed by atoms with E-state index in [1.165, 1.54) is 19.3 Å². The van der Waals surface area contributed by atoms with Crippen LogP contribution in [0.3, 0.4) is 0 Å². The van der Waals surface area contributed by atoms with Crippen LogP contribution in [0.15, 0.2) is 12.7 Å². The molecule has 3 N–H and O–H groups in total.